The Bertz CT molecular complexity index is 693. The highest BCUT2D eigenvalue weighted by Gasteiger charge is 2.27. The third-order valence-electron chi connectivity index (χ3n) is 2.40. The normalized spacial score (nSPS) is 16.1. The number of hydrogen-bond donors (Lipinski definition) is 2. The zero-order chi connectivity index (χ0) is 14.3. The lowest BCUT2D eigenvalue weighted by Gasteiger charge is -2.14. The van der Waals surface area contributed by atoms with Crippen LogP contribution in [0.3, 0.4) is 0 Å². The third-order valence-corrected chi connectivity index (χ3v) is 3.93. The van der Waals surface area contributed by atoms with Gasteiger partial charge in [0.05, 0.1) is 12.4 Å². The molecule has 0 heterocycles. The molecule has 0 saturated heterocycles. The van der Waals surface area contributed by atoms with Crippen molar-refractivity contribution >= 4 is 25.7 Å². The first kappa shape index (κ1) is 14.1. The molecule has 0 atom stereocenters. The number of para-hydroxylation sites is 1. The lowest BCUT2D eigenvalue weighted by atomic mass is 10.3. The molecule has 9 heteroatoms. The monoisotopic (exact) mass is 306 g/mol. The largest absolute Gasteiger partial charge is 0.488 e. The van der Waals surface area contributed by atoms with Crippen LogP contribution in [0.25, 0.3) is 0 Å². The Balaban J connectivity index is 2.53. The Morgan fingerprint density at radius 3 is 2.37 bits per heavy atom. The van der Waals surface area contributed by atoms with E-state index in [4.69, 9.17) is 9.88 Å². The van der Waals surface area contributed by atoms with Crippen molar-refractivity contribution in [2.75, 3.05) is 11.0 Å². The highest BCUT2D eigenvalue weighted by molar-refractivity contribution is 7.92. The maximum absolute atomic E-state index is 11.5. The number of hydrogen-bond acceptors (Lipinski definition) is 5. The molecular formula is C10H14N2O5S2. The molecule has 0 aliphatic heterocycles. The molecule has 0 unspecified atom stereocenters. The topological polar surface area (TPSA) is 116 Å². The number of nitrogens with two attached hydrogens (primary N) is 1. The molecule has 0 spiro atoms. The second-order valence-electron chi connectivity index (χ2n) is 4.37. The van der Waals surface area contributed by atoms with E-state index in [0.717, 1.165) is 19.1 Å². The highest BCUT2D eigenvalue weighted by atomic mass is 32.2. The van der Waals surface area contributed by atoms with Gasteiger partial charge in [-0.1, -0.05) is 6.07 Å². The summed E-state index contributed by atoms with van der Waals surface area (Å²) in [6.07, 6.45) is 2.64. The van der Waals surface area contributed by atoms with Gasteiger partial charge in [0.15, 0.2) is 0 Å². The molecule has 1 saturated carbocycles. The summed E-state index contributed by atoms with van der Waals surface area (Å²) in [6.45, 7) is 0. The summed E-state index contributed by atoms with van der Waals surface area (Å²) < 4.78 is 53.3. The van der Waals surface area contributed by atoms with Gasteiger partial charge in [0.2, 0.25) is 20.0 Å². The fraction of sp³-hybridized carbons (Fsp3) is 0.400. The van der Waals surface area contributed by atoms with Gasteiger partial charge in [-0.3, -0.25) is 4.72 Å². The molecular weight excluding hydrogens is 292 g/mol. The van der Waals surface area contributed by atoms with Crippen molar-refractivity contribution in [3.05, 3.63) is 18.2 Å². The lowest BCUT2D eigenvalue weighted by Crippen LogP contribution is -2.18. The first-order valence-electron chi connectivity index (χ1n) is 5.47. The van der Waals surface area contributed by atoms with Crippen LogP contribution >= 0.6 is 0 Å². The van der Waals surface area contributed by atoms with Crippen LogP contribution in [0, 0.1) is 0 Å². The van der Waals surface area contributed by atoms with Gasteiger partial charge in [0.25, 0.3) is 0 Å². The Kier molecular flexibility index (Phi) is 3.45. The first-order chi connectivity index (χ1) is 8.67. The van der Waals surface area contributed by atoms with E-state index in [1.54, 1.807) is 0 Å². The summed E-state index contributed by atoms with van der Waals surface area (Å²) in [5.74, 6) is 0.166. The third kappa shape index (κ3) is 3.82. The van der Waals surface area contributed by atoms with Crippen LogP contribution in [0.2, 0.25) is 0 Å². The number of anilines is 1. The van der Waals surface area contributed by atoms with E-state index in [1.807, 2.05) is 0 Å². The molecule has 1 aliphatic carbocycles. The van der Waals surface area contributed by atoms with Crippen molar-refractivity contribution in [2.45, 2.75) is 23.8 Å². The second-order valence-corrected chi connectivity index (χ2v) is 7.64. The van der Waals surface area contributed by atoms with Crippen molar-refractivity contribution in [3.63, 3.8) is 0 Å². The van der Waals surface area contributed by atoms with Crippen molar-refractivity contribution in [1.82, 2.24) is 0 Å². The van der Waals surface area contributed by atoms with Gasteiger partial charge in [-0.25, -0.2) is 22.0 Å². The molecule has 1 aliphatic rings. The SMILES string of the molecule is CS(=O)(=O)Nc1c(OC2CC2)cccc1S(N)(=O)=O. The fourth-order valence-electron chi connectivity index (χ4n) is 1.50. The van der Waals surface area contributed by atoms with Gasteiger partial charge in [-0.05, 0) is 25.0 Å². The molecule has 1 aromatic rings. The number of sulfonamides is 2. The second kappa shape index (κ2) is 4.66. The summed E-state index contributed by atoms with van der Waals surface area (Å²) in [6, 6.07) is 4.17. The van der Waals surface area contributed by atoms with Gasteiger partial charge < -0.3 is 4.74 Å². The van der Waals surface area contributed by atoms with Gasteiger partial charge in [-0.2, -0.15) is 0 Å². The van der Waals surface area contributed by atoms with Gasteiger partial charge >= 0.3 is 0 Å². The summed E-state index contributed by atoms with van der Waals surface area (Å²) >= 11 is 0. The van der Waals surface area contributed by atoms with Crippen LogP contribution < -0.4 is 14.6 Å². The summed E-state index contributed by atoms with van der Waals surface area (Å²) in [5.41, 5.74) is -0.139. The smallest absolute Gasteiger partial charge is 0.240 e. The van der Waals surface area contributed by atoms with E-state index in [9.17, 15) is 16.8 Å². The summed E-state index contributed by atoms with van der Waals surface area (Å²) in [4.78, 5) is -0.309. The first-order valence-corrected chi connectivity index (χ1v) is 8.91. The maximum Gasteiger partial charge on any atom is 0.240 e. The average molecular weight is 306 g/mol. The van der Waals surface area contributed by atoms with Crippen LogP contribution in [0.5, 0.6) is 5.75 Å². The standard InChI is InChI=1S/C10H14N2O5S2/c1-18(13,14)12-10-8(17-7-5-6-7)3-2-4-9(10)19(11,15)16/h2-4,7,12H,5-6H2,1H3,(H2,11,15,16). The van der Waals surface area contributed by atoms with E-state index in [2.05, 4.69) is 4.72 Å². The van der Waals surface area contributed by atoms with Crippen LogP contribution in [0.1, 0.15) is 12.8 Å². The number of benzene rings is 1. The molecule has 7 nitrogen and oxygen atoms in total. The van der Waals surface area contributed by atoms with E-state index >= 15 is 0 Å². The minimum absolute atomic E-state index is 0.00385. The Morgan fingerprint density at radius 1 is 1.26 bits per heavy atom. The average Bonchev–Trinajstić information content (AvgIpc) is 3.00. The predicted molar refractivity (Wildman–Crippen MR) is 69.9 cm³/mol. The number of primary sulfonamides is 1. The Morgan fingerprint density at radius 2 is 1.89 bits per heavy atom. The van der Waals surface area contributed by atoms with E-state index < -0.39 is 20.0 Å². The van der Waals surface area contributed by atoms with Crippen molar-refractivity contribution in [3.8, 4) is 5.75 Å². The van der Waals surface area contributed by atoms with E-state index in [-0.39, 0.29) is 22.4 Å². The number of ether oxygens (including phenoxy) is 1. The molecule has 2 rings (SSSR count). The Hall–Kier alpha value is -1.32. The van der Waals surface area contributed by atoms with Gasteiger partial charge in [0.1, 0.15) is 16.3 Å². The molecule has 3 N–H and O–H groups in total. The van der Waals surface area contributed by atoms with Crippen LogP contribution in [-0.4, -0.2) is 29.2 Å². The molecule has 1 aromatic carbocycles. The Labute approximate surface area is 111 Å². The van der Waals surface area contributed by atoms with Crippen LogP contribution in [0.15, 0.2) is 23.1 Å². The van der Waals surface area contributed by atoms with Gasteiger partial charge in [0, 0.05) is 0 Å². The predicted octanol–water partition coefficient (Wildman–Crippen LogP) is 0.247. The van der Waals surface area contributed by atoms with E-state index in [1.165, 1.54) is 18.2 Å². The fourth-order valence-corrected chi connectivity index (χ4v) is 2.85. The minimum atomic E-state index is -4.05. The summed E-state index contributed by atoms with van der Waals surface area (Å²) in [7, 11) is -7.70. The van der Waals surface area contributed by atoms with Gasteiger partial charge in [-0.15, -0.1) is 0 Å². The number of rotatable bonds is 5. The molecule has 1 fully saturated rings. The number of nitrogens with one attached hydrogen (secondary N) is 1. The molecule has 0 amide bonds. The van der Waals surface area contributed by atoms with Crippen LogP contribution in [0.4, 0.5) is 5.69 Å². The summed E-state index contributed by atoms with van der Waals surface area (Å²) in [5, 5.41) is 5.07. The molecule has 0 aromatic heterocycles. The highest BCUT2D eigenvalue weighted by Crippen LogP contribution is 2.36. The zero-order valence-electron chi connectivity index (χ0n) is 10.2. The molecule has 19 heavy (non-hydrogen) atoms. The lowest BCUT2D eigenvalue weighted by molar-refractivity contribution is 0.304. The maximum atomic E-state index is 11.5. The molecule has 106 valence electrons. The van der Waals surface area contributed by atoms with Crippen molar-refractivity contribution in [2.24, 2.45) is 5.14 Å². The van der Waals surface area contributed by atoms with E-state index in [0.29, 0.717) is 0 Å². The van der Waals surface area contributed by atoms with Crippen molar-refractivity contribution < 1.29 is 21.6 Å². The zero-order valence-corrected chi connectivity index (χ0v) is 11.8. The molecule has 0 radical (unpaired) electrons. The van der Waals surface area contributed by atoms with Crippen molar-refractivity contribution in [1.29, 1.82) is 0 Å². The quantitative estimate of drug-likeness (QED) is 0.809. The van der Waals surface area contributed by atoms with Crippen LogP contribution in [-0.2, 0) is 20.0 Å². The minimum Gasteiger partial charge on any atom is -0.488 e. The molecule has 0 bridgehead atoms.